The van der Waals surface area contributed by atoms with E-state index in [0.717, 1.165) is 31.7 Å². The molecule has 2 aromatic rings. The summed E-state index contributed by atoms with van der Waals surface area (Å²) < 4.78 is 11.4. The molecule has 28 heavy (non-hydrogen) atoms. The molecule has 1 heterocycles. The Morgan fingerprint density at radius 2 is 1.71 bits per heavy atom. The molecule has 0 spiro atoms. The molecule has 4 heteroatoms. The van der Waals surface area contributed by atoms with Gasteiger partial charge in [-0.15, -0.1) is 13.2 Å². The molecule has 152 valence electrons. The summed E-state index contributed by atoms with van der Waals surface area (Å²) in [5.74, 6) is 1.47. The zero-order chi connectivity index (χ0) is 20.2. The third-order valence-electron chi connectivity index (χ3n) is 4.88. The minimum absolute atomic E-state index is 0.592. The quantitative estimate of drug-likeness (QED) is 0.464. The number of hydrogen-bond acceptors (Lipinski definition) is 4. The van der Waals surface area contributed by atoms with Crippen molar-refractivity contribution in [3.8, 4) is 0 Å². The number of nitrogens with zero attached hydrogens (tertiary/aromatic N) is 1. The topological polar surface area (TPSA) is 45.8 Å². The molecule has 0 aliphatic carbocycles. The monoisotopic (exact) mass is 383 g/mol. The van der Waals surface area contributed by atoms with Crippen LogP contribution >= 0.6 is 0 Å². The number of hydrogen-bond donors (Lipinski definition) is 1. The first-order valence-corrected chi connectivity index (χ1v) is 9.90. The zero-order valence-corrected chi connectivity index (χ0v) is 17.0. The molecule has 0 aliphatic heterocycles. The highest BCUT2D eigenvalue weighted by Crippen LogP contribution is 2.33. The van der Waals surface area contributed by atoms with E-state index in [2.05, 4.69) is 30.2 Å². The van der Waals surface area contributed by atoms with Crippen molar-refractivity contribution in [2.75, 3.05) is 20.3 Å². The van der Waals surface area contributed by atoms with Gasteiger partial charge in [0, 0.05) is 20.2 Å². The van der Waals surface area contributed by atoms with Crippen LogP contribution in [0.3, 0.4) is 0 Å². The second-order valence-electron chi connectivity index (χ2n) is 7.14. The van der Waals surface area contributed by atoms with Crippen LogP contribution in [0.2, 0.25) is 0 Å². The summed E-state index contributed by atoms with van der Waals surface area (Å²) in [5, 5.41) is 11.1. The SMILES string of the molecule is C=CCCC(O)(CCC=C)c1ccc(CN(CCOC)Cc2ccccc2)o1. The van der Waals surface area contributed by atoms with Gasteiger partial charge < -0.3 is 14.3 Å². The molecule has 0 saturated heterocycles. The van der Waals surface area contributed by atoms with Crippen LogP contribution in [0.5, 0.6) is 0 Å². The molecule has 0 atom stereocenters. The van der Waals surface area contributed by atoms with Gasteiger partial charge in [0.2, 0.25) is 0 Å². The first-order valence-electron chi connectivity index (χ1n) is 9.90. The normalized spacial score (nSPS) is 11.7. The zero-order valence-electron chi connectivity index (χ0n) is 17.0. The Balaban J connectivity index is 2.11. The van der Waals surface area contributed by atoms with Crippen molar-refractivity contribution in [2.45, 2.75) is 44.4 Å². The van der Waals surface area contributed by atoms with Crippen LogP contribution in [0.1, 0.15) is 42.8 Å². The predicted octanol–water partition coefficient (Wildman–Crippen LogP) is 5.05. The van der Waals surface area contributed by atoms with Gasteiger partial charge in [-0.2, -0.15) is 0 Å². The number of furan rings is 1. The molecule has 0 aliphatic rings. The molecule has 0 amide bonds. The van der Waals surface area contributed by atoms with Crippen LogP contribution in [-0.4, -0.2) is 30.3 Å². The van der Waals surface area contributed by atoms with Gasteiger partial charge in [0.05, 0.1) is 13.2 Å². The van der Waals surface area contributed by atoms with Crippen LogP contribution < -0.4 is 0 Å². The van der Waals surface area contributed by atoms with Crippen LogP contribution in [-0.2, 0) is 23.4 Å². The Labute approximate surface area is 169 Å². The fourth-order valence-electron chi connectivity index (χ4n) is 3.26. The van der Waals surface area contributed by atoms with Gasteiger partial charge in [0.1, 0.15) is 17.1 Å². The number of rotatable bonds is 14. The molecule has 0 fully saturated rings. The predicted molar refractivity (Wildman–Crippen MR) is 114 cm³/mol. The highest BCUT2D eigenvalue weighted by Gasteiger charge is 2.31. The van der Waals surface area contributed by atoms with Crippen molar-refractivity contribution in [1.82, 2.24) is 4.90 Å². The molecule has 0 radical (unpaired) electrons. The lowest BCUT2D eigenvalue weighted by Crippen LogP contribution is -2.27. The van der Waals surface area contributed by atoms with E-state index in [1.54, 1.807) is 7.11 Å². The molecule has 0 bridgehead atoms. The van der Waals surface area contributed by atoms with Crippen LogP contribution in [0.25, 0.3) is 0 Å². The third kappa shape index (κ3) is 6.79. The Morgan fingerprint density at radius 3 is 2.32 bits per heavy atom. The lowest BCUT2D eigenvalue weighted by atomic mass is 9.89. The summed E-state index contributed by atoms with van der Waals surface area (Å²) in [6, 6.07) is 14.2. The van der Waals surface area contributed by atoms with E-state index in [4.69, 9.17) is 9.15 Å². The fourth-order valence-corrected chi connectivity index (χ4v) is 3.26. The summed E-state index contributed by atoms with van der Waals surface area (Å²) in [6.45, 7) is 10.5. The van der Waals surface area contributed by atoms with E-state index >= 15 is 0 Å². The van der Waals surface area contributed by atoms with Crippen molar-refractivity contribution in [3.05, 3.63) is 84.9 Å². The van der Waals surface area contributed by atoms with E-state index in [-0.39, 0.29) is 0 Å². The largest absolute Gasteiger partial charge is 0.462 e. The molecular formula is C24H33NO3. The average Bonchev–Trinajstić information content (AvgIpc) is 3.19. The average molecular weight is 384 g/mol. The van der Waals surface area contributed by atoms with E-state index in [1.807, 2.05) is 42.5 Å². The Hall–Kier alpha value is -2.14. The molecule has 1 aromatic heterocycles. The minimum atomic E-state index is -0.989. The number of benzene rings is 1. The summed E-state index contributed by atoms with van der Waals surface area (Å²) >= 11 is 0. The number of aliphatic hydroxyl groups is 1. The Morgan fingerprint density at radius 1 is 1.04 bits per heavy atom. The summed E-state index contributed by atoms with van der Waals surface area (Å²) in [4.78, 5) is 2.29. The standard InChI is InChI=1S/C24H33NO3/c1-4-6-15-24(26,16-7-5-2)23-14-13-22(28-23)20-25(17-18-27-3)19-21-11-9-8-10-12-21/h4-5,8-14,26H,1-2,6-7,15-20H2,3H3. The third-order valence-corrected chi connectivity index (χ3v) is 4.88. The highest BCUT2D eigenvalue weighted by molar-refractivity contribution is 5.16. The second kappa shape index (κ2) is 11.6. The van der Waals surface area contributed by atoms with Crippen LogP contribution in [0, 0.1) is 0 Å². The summed E-state index contributed by atoms with van der Waals surface area (Å²) in [7, 11) is 1.71. The fraction of sp³-hybridized carbons (Fsp3) is 0.417. The number of methoxy groups -OCH3 is 1. The minimum Gasteiger partial charge on any atom is -0.462 e. The Kier molecular flexibility index (Phi) is 9.21. The molecule has 4 nitrogen and oxygen atoms in total. The van der Waals surface area contributed by atoms with Gasteiger partial charge in [-0.25, -0.2) is 0 Å². The van der Waals surface area contributed by atoms with E-state index < -0.39 is 5.60 Å². The van der Waals surface area contributed by atoms with Crippen molar-refractivity contribution >= 4 is 0 Å². The molecule has 1 aromatic carbocycles. The first-order chi connectivity index (χ1) is 13.6. The van der Waals surface area contributed by atoms with E-state index in [9.17, 15) is 5.11 Å². The molecule has 0 saturated carbocycles. The van der Waals surface area contributed by atoms with Crippen LogP contribution in [0.15, 0.2) is 72.2 Å². The van der Waals surface area contributed by atoms with Crippen molar-refractivity contribution < 1.29 is 14.3 Å². The van der Waals surface area contributed by atoms with Crippen molar-refractivity contribution in [3.63, 3.8) is 0 Å². The summed E-state index contributed by atoms with van der Waals surface area (Å²) in [6.07, 6.45) is 6.31. The lowest BCUT2D eigenvalue weighted by Gasteiger charge is -2.25. The molecule has 0 unspecified atom stereocenters. The van der Waals surface area contributed by atoms with E-state index in [0.29, 0.717) is 31.8 Å². The second-order valence-corrected chi connectivity index (χ2v) is 7.14. The van der Waals surface area contributed by atoms with Gasteiger partial charge in [-0.05, 0) is 43.4 Å². The summed E-state index contributed by atoms with van der Waals surface area (Å²) in [5.41, 5.74) is 0.260. The van der Waals surface area contributed by atoms with Gasteiger partial charge in [0.25, 0.3) is 0 Å². The number of allylic oxidation sites excluding steroid dienone is 2. The lowest BCUT2D eigenvalue weighted by molar-refractivity contribution is -0.00227. The molecular weight excluding hydrogens is 350 g/mol. The maximum Gasteiger partial charge on any atom is 0.135 e. The number of ether oxygens (including phenoxy) is 1. The highest BCUT2D eigenvalue weighted by atomic mass is 16.5. The van der Waals surface area contributed by atoms with Gasteiger partial charge in [-0.3, -0.25) is 4.90 Å². The smallest absolute Gasteiger partial charge is 0.135 e. The van der Waals surface area contributed by atoms with Gasteiger partial charge in [-0.1, -0.05) is 42.5 Å². The van der Waals surface area contributed by atoms with Gasteiger partial charge >= 0.3 is 0 Å². The molecule has 1 N–H and O–H groups in total. The van der Waals surface area contributed by atoms with E-state index in [1.165, 1.54) is 5.56 Å². The first kappa shape index (κ1) is 22.2. The van der Waals surface area contributed by atoms with Crippen molar-refractivity contribution in [1.29, 1.82) is 0 Å². The Bertz CT molecular complexity index is 696. The van der Waals surface area contributed by atoms with Crippen LogP contribution in [0.4, 0.5) is 0 Å². The maximum atomic E-state index is 11.1. The maximum absolute atomic E-state index is 11.1. The van der Waals surface area contributed by atoms with Crippen molar-refractivity contribution in [2.24, 2.45) is 0 Å². The van der Waals surface area contributed by atoms with Gasteiger partial charge in [0.15, 0.2) is 0 Å². The molecule has 2 rings (SSSR count).